The number of phenols is 1. The van der Waals surface area contributed by atoms with Crippen LogP contribution in [0.3, 0.4) is 0 Å². The molecule has 0 aliphatic carbocycles. The topological polar surface area (TPSA) is 107 Å². The first kappa shape index (κ1) is 20.0. The molecule has 2 N–H and O–H groups in total. The number of fused-ring (bicyclic) bond motifs is 1. The second-order valence-corrected chi connectivity index (χ2v) is 9.38. The van der Waals surface area contributed by atoms with Gasteiger partial charge in [0.15, 0.2) is 0 Å². The third-order valence-electron chi connectivity index (χ3n) is 4.19. The fourth-order valence-corrected chi connectivity index (χ4v) is 4.62. The Morgan fingerprint density at radius 3 is 2.32 bits per heavy atom. The minimum atomic E-state index is -3.87. The number of hydrogen-bond donors (Lipinski definition) is 2. The van der Waals surface area contributed by atoms with Gasteiger partial charge < -0.3 is 15.0 Å². The highest BCUT2D eigenvalue weighted by Crippen LogP contribution is 2.41. The predicted octanol–water partition coefficient (Wildman–Crippen LogP) is 2.89. The second-order valence-electron chi connectivity index (χ2n) is 6.31. The standard InChI is InChI=1S/C20H19NO5S2/c1-12-7-9-14(10-8-12)28(25,26)21-17-11-18(27-13(2)20(23)24)19(22)16-6-4-3-5-15(16)17/h3-11,13,21-22H,1-2H3,(H,23,24)/p-1/t13-/m0/s1. The third-order valence-corrected chi connectivity index (χ3v) is 6.69. The fraction of sp³-hybridized carbons (Fsp3) is 0.150. The van der Waals surface area contributed by atoms with Crippen LogP contribution in [0.4, 0.5) is 5.69 Å². The Labute approximate surface area is 167 Å². The molecule has 0 saturated carbocycles. The average Bonchev–Trinajstić information content (AvgIpc) is 2.65. The summed E-state index contributed by atoms with van der Waals surface area (Å²) in [6, 6.07) is 14.6. The number of carboxylic acid groups (broad SMARTS) is 1. The van der Waals surface area contributed by atoms with Gasteiger partial charge in [0.05, 0.1) is 21.4 Å². The predicted molar refractivity (Wildman–Crippen MR) is 108 cm³/mol. The van der Waals surface area contributed by atoms with Crippen LogP contribution in [-0.2, 0) is 14.8 Å². The number of carbonyl (C=O) groups is 1. The Morgan fingerprint density at radius 1 is 1.11 bits per heavy atom. The maximum Gasteiger partial charge on any atom is 0.261 e. The number of benzene rings is 3. The fourth-order valence-electron chi connectivity index (χ4n) is 2.67. The molecule has 0 saturated heterocycles. The van der Waals surface area contributed by atoms with Gasteiger partial charge in [-0.25, -0.2) is 8.42 Å². The highest BCUT2D eigenvalue weighted by atomic mass is 32.2. The van der Waals surface area contributed by atoms with Crippen LogP contribution < -0.4 is 9.83 Å². The first-order valence-corrected chi connectivity index (χ1v) is 10.8. The molecule has 0 radical (unpaired) electrons. The van der Waals surface area contributed by atoms with E-state index in [0.29, 0.717) is 10.8 Å². The van der Waals surface area contributed by atoms with E-state index in [4.69, 9.17) is 0 Å². The molecular weight excluding hydrogens is 398 g/mol. The molecule has 0 heterocycles. The van der Waals surface area contributed by atoms with Crippen LogP contribution in [0.25, 0.3) is 10.8 Å². The van der Waals surface area contributed by atoms with Crippen LogP contribution in [-0.4, -0.2) is 24.7 Å². The number of carboxylic acids is 1. The van der Waals surface area contributed by atoms with Crippen molar-refractivity contribution in [2.24, 2.45) is 0 Å². The highest BCUT2D eigenvalue weighted by Gasteiger charge is 2.19. The van der Waals surface area contributed by atoms with Gasteiger partial charge in [-0.15, -0.1) is 11.8 Å². The number of anilines is 1. The SMILES string of the molecule is Cc1ccc(S(=O)(=O)Nc2cc(S[C@@H](C)C(=O)[O-])c(O)c3ccccc23)cc1. The number of carbonyl (C=O) groups excluding carboxylic acids is 1. The van der Waals surface area contributed by atoms with E-state index in [-0.39, 0.29) is 21.2 Å². The van der Waals surface area contributed by atoms with Crippen LogP contribution >= 0.6 is 11.8 Å². The molecule has 1 atom stereocenters. The van der Waals surface area contributed by atoms with Crippen LogP contribution in [0.1, 0.15) is 12.5 Å². The minimum absolute atomic E-state index is 0.104. The van der Waals surface area contributed by atoms with Crippen molar-refractivity contribution in [3.8, 4) is 5.75 Å². The first-order chi connectivity index (χ1) is 13.2. The number of rotatable bonds is 6. The van der Waals surface area contributed by atoms with Crippen molar-refractivity contribution in [3.05, 3.63) is 60.2 Å². The van der Waals surface area contributed by atoms with Gasteiger partial charge in [-0.3, -0.25) is 4.72 Å². The highest BCUT2D eigenvalue weighted by molar-refractivity contribution is 8.00. The number of hydrogen-bond acceptors (Lipinski definition) is 6. The van der Waals surface area contributed by atoms with Crippen LogP contribution in [0.2, 0.25) is 0 Å². The first-order valence-electron chi connectivity index (χ1n) is 8.41. The summed E-state index contributed by atoms with van der Waals surface area (Å²) in [6.45, 7) is 3.30. The van der Waals surface area contributed by atoms with Gasteiger partial charge in [0.25, 0.3) is 10.0 Å². The second kappa shape index (κ2) is 7.73. The smallest absolute Gasteiger partial charge is 0.261 e. The summed E-state index contributed by atoms with van der Waals surface area (Å²) in [5, 5.41) is 21.6. The van der Waals surface area contributed by atoms with Crippen molar-refractivity contribution in [1.29, 1.82) is 0 Å². The summed E-state index contributed by atoms with van der Waals surface area (Å²) in [5.74, 6) is -1.38. The minimum Gasteiger partial charge on any atom is -0.549 e. The molecule has 0 spiro atoms. The van der Waals surface area contributed by atoms with Crippen molar-refractivity contribution in [2.45, 2.75) is 28.9 Å². The van der Waals surface area contributed by atoms with Gasteiger partial charge in [-0.1, -0.05) is 42.0 Å². The number of aromatic hydroxyl groups is 1. The maximum atomic E-state index is 12.8. The molecule has 3 aromatic rings. The van der Waals surface area contributed by atoms with Gasteiger partial charge >= 0.3 is 0 Å². The normalized spacial score (nSPS) is 12.6. The third kappa shape index (κ3) is 4.07. The Morgan fingerprint density at radius 2 is 1.71 bits per heavy atom. The zero-order chi connectivity index (χ0) is 20.5. The molecule has 8 heteroatoms. The number of nitrogens with one attached hydrogen (secondary N) is 1. The van der Waals surface area contributed by atoms with E-state index in [1.165, 1.54) is 25.1 Å². The zero-order valence-corrected chi connectivity index (χ0v) is 16.8. The number of aryl methyl sites for hydroxylation is 1. The molecule has 146 valence electrons. The van der Waals surface area contributed by atoms with Crippen LogP contribution in [0.15, 0.2) is 64.4 Å². The summed E-state index contributed by atoms with van der Waals surface area (Å²) >= 11 is 0.884. The van der Waals surface area contributed by atoms with Crippen molar-refractivity contribution in [2.75, 3.05) is 4.72 Å². The van der Waals surface area contributed by atoms with E-state index < -0.39 is 21.2 Å². The van der Waals surface area contributed by atoms with E-state index in [1.54, 1.807) is 36.4 Å². The molecular formula is C20H18NO5S2-. The van der Waals surface area contributed by atoms with Gasteiger partial charge in [0.1, 0.15) is 5.75 Å². The quantitative estimate of drug-likeness (QED) is 0.473. The molecule has 0 unspecified atom stereocenters. The maximum absolute atomic E-state index is 12.8. The van der Waals surface area contributed by atoms with E-state index in [9.17, 15) is 23.4 Å². The molecule has 0 fully saturated rings. The van der Waals surface area contributed by atoms with E-state index in [2.05, 4.69) is 4.72 Å². The molecule has 3 aromatic carbocycles. The average molecular weight is 417 g/mol. The van der Waals surface area contributed by atoms with Crippen molar-refractivity contribution >= 4 is 44.2 Å². The number of phenolic OH excluding ortho intramolecular Hbond substituents is 1. The van der Waals surface area contributed by atoms with Gasteiger partial charge in [-0.2, -0.15) is 0 Å². The monoisotopic (exact) mass is 416 g/mol. The number of thioether (sulfide) groups is 1. The summed E-state index contributed by atoms with van der Waals surface area (Å²) < 4.78 is 28.1. The van der Waals surface area contributed by atoms with Crippen molar-refractivity contribution in [1.82, 2.24) is 0 Å². The summed E-state index contributed by atoms with van der Waals surface area (Å²) in [5.41, 5.74) is 1.19. The van der Waals surface area contributed by atoms with E-state index >= 15 is 0 Å². The lowest BCUT2D eigenvalue weighted by Crippen LogP contribution is -2.31. The Hall–Kier alpha value is -2.71. The summed E-state index contributed by atoms with van der Waals surface area (Å²) in [7, 11) is -3.87. The van der Waals surface area contributed by atoms with Gasteiger partial charge in [0.2, 0.25) is 0 Å². The lowest BCUT2D eigenvalue weighted by atomic mass is 10.1. The number of aliphatic carboxylic acids is 1. The lowest BCUT2D eigenvalue weighted by molar-refractivity contribution is -0.304. The van der Waals surface area contributed by atoms with E-state index in [1.807, 2.05) is 6.92 Å². The molecule has 0 aliphatic rings. The molecule has 0 amide bonds. The van der Waals surface area contributed by atoms with Crippen molar-refractivity contribution < 1.29 is 23.4 Å². The Balaban J connectivity index is 2.10. The molecule has 28 heavy (non-hydrogen) atoms. The van der Waals surface area contributed by atoms with Gasteiger partial charge in [-0.05, 0) is 32.0 Å². The lowest BCUT2D eigenvalue weighted by Gasteiger charge is -2.17. The van der Waals surface area contributed by atoms with Crippen LogP contribution in [0.5, 0.6) is 5.75 Å². The zero-order valence-electron chi connectivity index (χ0n) is 15.2. The van der Waals surface area contributed by atoms with E-state index in [0.717, 1.165) is 17.3 Å². The van der Waals surface area contributed by atoms with Crippen molar-refractivity contribution in [3.63, 3.8) is 0 Å². The summed E-state index contributed by atoms with van der Waals surface area (Å²) in [4.78, 5) is 11.4. The van der Waals surface area contributed by atoms with Crippen LogP contribution in [0, 0.1) is 6.92 Å². The molecule has 0 aliphatic heterocycles. The molecule has 0 bridgehead atoms. The van der Waals surface area contributed by atoms with Gasteiger partial charge in [0, 0.05) is 16.0 Å². The molecule has 6 nitrogen and oxygen atoms in total. The largest absolute Gasteiger partial charge is 0.549 e. The molecule has 3 rings (SSSR count). The molecule has 0 aromatic heterocycles. The summed E-state index contributed by atoms with van der Waals surface area (Å²) in [6.07, 6.45) is 0. The Kier molecular flexibility index (Phi) is 5.53. The Bertz CT molecular complexity index is 1140. The number of sulfonamides is 1.